The largest absolute Gasteiger partial charge is 0.342 e. The second kappa shape index (κ2) is 7.92. The molecule has 3 aliphatic heterocycles. The number of rotatable bonds is 2. The number of nitrogens with one attached hydrogen (secondary N) is 1. The highest BCUT2D eigenvalue weighted by atomic mass is 32.2. The summed E-state index contributed by atoms with van der Waals surface area (Å²) in [4.78, 5) is 42.2. The molecule has 3 amide bonds. The monoisotopic (exact) mass is 387 g/mol. The Morgan fingerprint density at radius 2 is 1.81 bits per heavy atom. The van der Waals surface area contributed by atoms with Crippen LogP contribution in [0.3, 0.4) is 0 Å². The molecule has 0 bridgehead atoms. The van der Waals surface area contributed by atoms with Crippen LogP contribution in [0.15, 0.2) is 23.1 Å². The molecule has 3 aliphatic rings. The minimum atomic E-state index is -0.0892. The third-order valence-corrected chi connectivity index (χ3v) is 6.66. The maximum atomic E-state index is 13.0. The van der Waals surface area contributed by atoms with Crippen molar-refractivity contribution >= 4 is 35.2 Å². The van der Waals surface area contributed by atoms with E-state index in [0.29, 0.717) is 30.1 Å². The summed E-state index contributed by atoms with van der Waals surface area (Å²) < 4.78 is 0. The Morgan fingerprint density at radius 1 is 1.04 bits per heavy atom. The first-order valence-corrected chi connectivity index (χ1v) is 10.7. The van der Waals surface area contributed by atoms with Crippen molar-refractivity contribution in [2.24, 2.45) is 5.92 Å². The summed E-state index contributed by atoms with van der Waals surface area (Å²) in [6.45, 7) is 2.88. The molecule has 2 saturated heterocycles. The second-order valence-electron chi connectivity index (χ2n) is 7.52. The van der Waals surface area contributed by atoms with Gasteiger partial charge in [-0.3, -0.25) is 14.4 Å². The van der Waals surface area contributed by atoms with Crippen molar-refractivity contribution in [3.8, 4) is 0 Å². The fourth-order valence-electron chi connectivity index (χ4n) is 4.13. The predicted octanol–water partition coefficient (Wildman–Crippen LogP) is 2.60. The zero-order chi connectivity index (χ0) is 18.8. The van der Waals surface area contributed by atoms with Crippen molar-refractivity contribution in [1.29, 1.82) is 0 Å². The SMILES string of the molecule is O=C1CSc2ccc(C(=O)N3CCCC(C(=O)N4CCCCC4)C3)cc2N1. The van der Waals surface area contributed by atoms with E-state index >= 15 is 0 Å². The molecule has 1 N–H and O–H groups in total. The smallest absolute Gasteiger partial charge is 0.253 e. The summed E-state index contributed by atoms with van der Waals surface area (Å²) in [7, 11) is 0. The fraction of sp³-hybridized carbons (Fsp3) is 0.550. The highest BCUT2D eigenvalue weighted by molar-refractivity contribution is 8.00. The van der Waals surface area contributed by atoms with Crippen LogP contribution in [0.25, 0.3) is 0 Å². The van der Waals surface area contributed by atoms with Crippen molar-refractivity contribution in [2.75, 3.05) is 37.2 Å². The van der Waals surface area contributed by atoms with Gasteiger partial charge in [-0.1, -0.05) is 0 Å². The Labute approximate surface area is 163 Å². The lowest BCUT2D eigenvalue weighted by Gasteiger charge is -2.36. The number of nitrogens with zero attached hydrogens (tertiary/aromatic N) is 2. The lowest BCUT2D eigenvalue weighted by atomic mass is 9.95. The maximum absolute atomic E-state index is 13.0. The highest BCUT2D eigenvalue weighted by Gasteiger charge is 2.32. The molecule has 0 saturated carbocycles. The van der Waals surface area contributed by atoms with E-state index in [-0.39, 0.29) is 23.6 Å². The van der Waals surface area contributed by atoms with E-state index in [1.165, 1.54) is 18.2 Å². The van der Waals surface area contributed by atoms with Gasteiger partial charge in [0.1, 0.15) is 0 Å². The van der Waals surface area contributed by atoms with Gasteiger partial charge in [-0.05, 0) is 50.3 Å². The predicted molar refractivity (Wildman–Crippen MR) is 105 cm³/mol. The molecular weight excluding hydrogens is 362 g/mol. The number of thioether (sulfide) groups is 1. The number of hydrogen-bond donors (Lipinski definition) is 1. The Bertz CT molecular complexity index is 761. The number of anilines is 1. The normalized spacial score (nSPS) is 22.8. The van der Waals surface area contributed by atoms with Gasteiger partial charge in [0.15, 0.2) is 0 Å². The van der Waals surface area contributed by atoms with E-state index in [4.69, 9.17) is 0 Å². The Kier molecular flexibility index (Phi) is 5.38. The van der Waals surface area contributed by atoms with E-state index in [9.17, 15) is 14.4 Å². The molecule has 6 nitrogen and oxygen atoms in total. The van der Waals surface area contributed by atoms with Crippen LogP contribution in [0.2, 0.25) is 0 Å². The van der Waals surface area contributed by atoms with Gasteiger partial charge in [0.25, 0.3) is 5.91 Å². The van der Waals surface area contributed by atoms with Gasteiger partial charge in [-0.25, -0.2) is 0 Å². The second-order valence-corrected chi connectivity index (χ2v) is 8.54. The summed E-state index contributed by atoms with van der Waals surface area (Å²) in [5.41, 5.74) is 1.28. The average molecular weight is 388 g/mol. The first-order chi connectivity index (χ1) is 13.1. The molecule has 3 heterocycles. The molecule has 0 aromatic heterocycles. The minimum absolute atomic E-state index is 0.0396. The molecule has 1 aromatic rings. The molecule has 2 fully saturated rings. The lowest BCUT2D eigenvalue weighted by Crippen LogP contribution is -2.47. The fourth-order valence-corrected chi connectivity index (χ4v) is 4.92. The quantitative estimate of drug-likeness (QED) is 0.847. The van der Waals surface area contributed by atoms with Crippen LogP contribution in [-0.4, -0.2) is 59.5 Å². The Balaban J connectivity index is 1.45. The van der Waals surface area contributed by atoms with Crippen molar-refractivity contribution in [3.63, 3.8) is 0 Å². The lowest BCUT2D eigenvalue weighted by molar-refractivity contribution is -0.137. The third kappa shape index (κ3) is 3.98. The van der Waals surface area contributed by atoms with Crippen molar-refractivity contribution in [3.05, 3.63) is 23.8 Å². The number of hydrogen-bond acceptors (Lipinski definition) is 4. The summed E-state index contributed by atoms with van der Waals surface area (Å²) in [6.07, 6.45) is 5.08. The average Bonchev–Trinajstić information content (AvgIpc) is 2.73. The van der Waals surface area contributed by atoms with Crippen molar-refractivity contribution < 1.29 is 14.4 Å². The number of likely N-dealkylation sites (tertiary alicyclic amines) is 2. The van der Waals surface area contributed by atoms with Gasteiger partial charge in [0.05, 0.1) is 17.4 Å². The number of fused-ring (bicyclic) bond motifs is 1. The number of piperidine rings is 2. The van der Waals surface area contributed by atoms with E-state index < -0.39 is 0 Å². The van der Waals surface area contributed by atoms with Gasteiger partial charge in [0, 0.05) is 36.6 Å². The number of carbonyl (C=O) groups excluding carboxylic acids is 3. The zero-order valence-electron chi connectivity index (χ0n) is 15.4. The van der Waals surface area contributed by atoms with Gasteiger partial charge < -0.3 is 15.1 Å². The van der Waals surface area contributed by atoms with Crippen molar-refractivity contribution in [2.45, 2.75) is 37.0 Å². The summed E-state index contributed by atoms with van der Waals surface area (Å²) >= 11 is 1.49. The van der Waals surface area contributed by atoms with Gasteiger partial charge in [-0.15, -0.1) is 11.8 Å². The zero-order valence-corrected chi connectivity index (χ0v) is 16.2. The van der Waals surface area contributed by atoms with Crippen LogP contribution in [0.5, 0.6) is 0 Å². The molecule has 0 spiro atoms. The Hall–Kier alpha value is -2.02. The number of carbonyl (C=O) groups is 3. The maximum Gasteiger partial charge on any atom is 0.253 e. The third-order valence-electron chi connectivity index (χ3n) is 5.58. The van der Waals surface area contributed by atoms with Crippen LogP contribution >= 0.6 is 11.8 Å². The van der Waals surface area contributed by atoms with Crippen LogP contribution in [-0.2, 0) is 9.59 Å². The number of amides is 3. The standard InChI is InChI=1S/C20H25N3O3S/c24-18-13-27-17-7-6-14(11-16(17)21-18)19(25)23-10-4-5-15(12-23)20(26)22-8-2-1-3-9-22/h6-7,11,15H,1-5,8-10,12-13H2,(H,21,24). The van der Waals surface area contributed by atoms with E-state index in [1.54, 1.807) is 11.0 Å². The summed E-state index contributed by atoms with van der Waals surface area (Å²) in [5, 5.41) is 2.84. The van der Waals surface area contributed by atoms with Gasteiger partial charge >= 0.3 is 0 Å². The Morgan fingerprint density at radius 3 is 2.63 bits per heavy atom. The topological polar surface area (TPSA) is 69.7 Å². The van der Waals surface area contributed by atoms with E-state index in [1.807, 2.05) is 17.0 Å². The van der Waals surface area contributed by atoms with Crippen LogP contribution in [0.4, 0.5) is 5.69 Å². The minimum Gasteiger partial charge on any atom is -0.342 e. The van der Waals surface area contributed by atoms with Crippen LogP contribution in [0, 0.1) is 5.92 Å². The van der Waals surface area contributed by atoms with Gasteiger partial charge in [0.2, 0.25) is 11.8 Å². The molecule has 1 aromatic carbocycles. The molecule has 27 heavy (non-hydrogen) atoms. The van der Waals surface area contributed by atoms with Crippen LogP contribution in [0.1, 0.15) is 42.5 Å². The summed E-state index contributed by atoms with van der Waals surface area (Å²) in [5.74, 6) is 0.434. The first-order valence-electron chi connectivity index (χ1n) is 9.76. The molecular formula is C20H25N3O3S. The van der Waals surface area contributed by atoms with Crippen molar-refractivity contribution in [1.82, 2.24) is 9.80 Å². The molecule has 4 rings (SSSR count). The molecule has 1 unspecified atom stereocenters. The van der Waals surface area contributed by atoms with E-state index in [0.717, 1.165) is 43.7 Å². The molecule has 0 radical (unpaired) electrons. The molecule has 144 valence electrons. The van der Waals surface area contributed by atoms with Crippen LogP contribution < -0.4 is 5.32 Å². The number of benzene rings is 1. The van der Waals surface area contributed by atoms with Gasteiger partial charge in [-0.2, -0.15) is 0 Å². The molecule has 1 atom stereocenters. The molecule has 0 aliphatic carbocycles. The molecule has 7 heteroatoms. The first kappa shape index (κ1) is 18.3. The summed E-state index contributed by atoms with van der Waals surface area (Å²) in [6, 6.07) is 5.48. The van der Waals surface area contributed by atoms with E-state index in [2.05, 4.69) is 5.32 Å². The highest BCUT2D eigenvalue weighted by Crippen LogP contribution is 2.32.